The highest BCUT2D eigenvalue weighted by atomic mass is 16.7. The number of piperidine rings is 1. The second-order valence-corrected chi connectivity index (χ2v) is 8.60. The predicted molar refractivity (Wildman–Crippen MR) is 113 cm³/mol. The summed E-state index contributed by atoms with van der Waals surface area (Å²) >= 11 is 0. The van der Waals surface area contributed by atoms with Crippen LogP contribution < -0.4 is 0 Å². The average Bonchev–Trinajstić information content (AvgIpc) is 3.38. The number of carbonyl (C=O) groups excluding carboxylic acids is 2. The van der Waals surface area contributed by atoms with Gasteiger partial charge in [-0.1, -0.05) is 29.8 Å². The van der Waals surface area contributed by atoms with E-state index in [0.29, 0.717) is 70.2 Å². The Kier molecular flexibility index (Phi) is 5.27. The highest BCUT2D eigenvalue weighted by molar-refractivity contribution is 5.98. The van der Waals surface area contributed by atoms with E-state index in [1.165, 1.54) is 5.56 Å². The number of fused-ring (bicyclic) bond motifs is 1. The van der Waals surface area contributed by atoms with Crippen LogP contribution in [0.4, 0.5) is 0 Å². The van der Waals surface area contributed by atoms with E-state index < -0.39 is 5.79 Å². The lowest BCUT2D eigenvalue weighted by Gasteiger charge is -2.37. The maximum Gasteiger partial charge on any atom is 0.274 e. The van der Waals surface area contributed by atoms with E-state index in [1.807, 2.05) is 11.8 Å². The molecule has 0 saturated carbocycles. The van der Waals surface area contributed by atoms with Crippen molar-refractivity contribution in [1.82, 2.24) is 19.6 Å². The van der Waals surface area contributed by atoms with Gasteiger partial charge in [-0.15, -0.1) is 0 Å². The molecule has 2 amide bonds. The van der Waals surface area contributed by atoms with E-state index in [0.717, 1.165) is 12.0 Å². The number of carbonyl (C=O) groups is 2. The monoisotopic (exact) mass is 424 g/mol. The smallest absolute Gasteiger partial charge is 0.274 e. The number of likely N-dealkylation sites (tertiary alicyclic amines) is 1. The molecule has 1 spiro atoms. The molecule has 0 aliphatic carbocycles. The van der Waals surface area contributed by atoms with Gasteiger partial charge < -0.3 is 19.3 Å². The number of hydrogen-bond acceptors (Lipinski definition) is 5. The molecule has 8 heteroatoms. The number of aromatic nitrogens is 2. The van der Waals surface area contributed by atoms with Crippen molar-refractivity contribution in [1.29, 1.82) is 0 Å². The molecule has 4 heterocycles. The van der Waals surface area contributed by atoms with Crippen LogP contribution in [0.2, 0.25) is 0 Å². The van der Waals surface area contributed by atoms with E-state index in [-0.39, 0.29) is 11.8 Å². The zero-order chi connectivity index (χ0) is 21.4. The maximum absolute atomic E-state index is 13.2. The normalized spacial score (nSPS) is 20.7. The molecule has 1 aromatic carbocycles. The van der Waals surface area contributed by atoms with Crippen LogP contribution in [0.25, 0.3) is 0 Å². The first-order valence-corrected chi connectivity index (χ1v) is 11.0. The molecular formula is C23H28N4O4. The zero-order valence-electron chi connectivity index (χ0n) is 17.9. The van der Waals surface area contributed by atoms with Crippen LogP contribution in [0.15, 0.2) is 30.3 Å². The second kappa shape index (κ2) is 8.09. The van der Waals surface area contributed by atoms with Crippen molar-refractivity contribution in [3.8, 4) is 0 Å². The minimum Gasteiger partial charge on any atom is -0.347 e. The van der Waals surface area contributed by atoms with E-state index in [1.54, 1.807) is 15.6 Å². The quantitative estimate of drug-likeness (QED) is 0.755. The summed E-state index contributed by atoms with van der Waals surface area (Å²) < 4.78 is 13.2. The summed E-state index contributed by atoms with van der Waals surface area (Å²) in [6.45, 7) is 6.27. The summed E-state index contributed by atoms with van der Waals surface area (Å²) in [6, 6.07) is 9.89. The van der Waals surface area contributed by atoms with Gasteiger partial charge >= 0.3 is 0 Å². The molecule has 2 aromatic rings. The van der Waals surface area contributed by atoms with Crippen LogP contribution in [-0.2, 0) is 22.6 Å². The second-order valence-electron chi connectivity index (χ2n) is 8.60. The largest absolute Gasteiger partial charge is 0.347 e. The van der Waals surface area contributed by atoms with Gasteiger partial charge in [-0.05, 0) is 18.9 Å². The molecule has 0 N–H and O–H groups in total. The van der Waals surface area contributed by atoms with Crippen LogP contribution in [0.3, 0.4) is 0 Å². The fourth-order valence-electron chi connectivity index (χ4n) is 4.60. The van der Waals surface area contributed by atoms with Crippen molar-refractivity contribution >= 4 is 11.8 Å². The lowest BCUT2D eigenvalue weighted by atomic mass is 10.0. The van der Waals surface area contributed by atoms with Gasteiger partial charge in [-0.25, -0.2) is 0 Å². The first-order valence-electron chi connectivity index (χ1n) is 11.0. The van der Waals surface area contributed by atoms with Crippen LogP contribution >= 0.6 is 0 Å². The Hall–Kier alpha value is -2.71. The SMILES string of the molecule is Cc1ccc(CN2CCCn3nc(C(=O)N4CCC5(CC4)OCCO5)cc3C2=O)cc1. The summed E-state index contributed by atoms with van der Waals surface area (Å²) in [5.41, 5.74) is 3.12. The molecule has 0 atom stereocenters. The molecule has 31 heavy (non-hydrogen) atoms. The van der Waals surface area contributed by atoms with Crippen molar-refractivity contribution in [3.05, 3.63) is 52.8 Å². The number of aryl methyl sites for hydroxylation is 2. The van der Waals surface area contributed by atoms with Crippen molar-refractivity contribution in [2.45, 2.75) is 45.1 Å². The number of rotatable bonds is 3. The van der Waals surface area contributed by atoms with Gasteiger partial charge in [0.2, 0.25) is 0 Å². The molecule has 2 saturated heterocycles. The van der Waals surface area contributed by atoms with Crippen LogP contribution in [0.1, 0.15) is 51.4 Å². The Bertz CT molecular complexity index is 968. The van der Waals surface area contributed by atoms with Crippen LogP contribution in [0, 0.1) is 6.92 Å². The molecule has 0 radical (unpaired) electrons. The summed E-state index contributed by atoms with van der Waals surface area (Å²) in [5.74, 6) is -0.726. The third-order valence-corrected chi connectivity index (χ3v) is 6.42. The summed E-state index contributed by atoms with van der Waals surface area (Å²) in [6.07, 6.45) is 2.13. The van der Waals surface area contributed by atoms with Gasteiger partial charge in [0.15, 0.2) is 11.5 Å². The van der Waals surface area contributed by atoms with E-state index >= 15 is 0 Å². The van der Waals surface area contributed by atoms with Gasteiger partial charge in [-0.3, -0.25) is 14.3 Å². The summed E-state index contributed by atoms with van der Waals surface area (Å²) in [5, 5.41) is 4.49. The fraction of sp³-hybridized carbons (Fsp3) is 0.522. The Morgan fingerprint density at radius 1 is 1.06 bits per heavy atom. The third kappa shape index (κ3) is 3.97. The van der Waals surface area contributed by atoms with Gasteiger partial charge in [-0.2, -0.15) is 5.10 Å². The van der Waals surface area contributed by atoms with Crippen molar-refractivity contribution in [2.75, 3.05) is 32.8 Å². The van der Waals surface area contributed by atoms with E-state index in [4.69, 9.17) is 9.47 Å². The number of hydrogen-bond donors (Lipinski definition) is 0. The van der Waals surface area contributed by atoms with Crippen molar-refractivity contribution in [2.24, 2.45) is 0 Å². The number of ether oxygens (including phenoxy) is 2. The molecule has 3 aliphatic rings. The minimum absolute atomic E-state index is 0.0741. The van der Waals surface area contributed by atoms with Gasteiger partial charge in [0, 0.05) is 51.6 Å². The molecule has 164 valence electrons. The minimum atomic E-state index is -0.519. The Morgan fingerprint density at radius 3 is 2.48 bits per heavy atom. The summed E-state index contributed by atoms with van der Waals surface area (Å²) in [4.78, 5) is 29.9. The van der Waals surface area contributed by atoms with Crippen molar-refractivity contribution < 1.29 is 19.1 Å². The highest BCUT2D eigenvalue weighted by Gasteiger charge is 2.41. The number of benzene rings is 1. The standard InChI is InChI=1S/C23H28N4O4/c1-17-3-5-18(6-4-17)16-26-9-2-10-27-20(22(26)29)15-19(24-27)21(28)25-11-7-23(8-12-25)30-13-14-31-23/h3-6,15H,2,7-14,16H2,1H3. The Labute approximate surface area is 181 Å². The first-order chi connectivity index (χ1) is 15.0. The molecule has 5 rings (SSSR count). The summed E-state index contributed by atoms with van der Waals surface area (Å²) in [7, 11) is 0. The topological polar surface area (TPSA) is 76.9 Å². The number of nitrogens with zero attached hydrogens (tertiary/aromatic N) is 4. The van der Waals surface area contributed by atoms with Gasteiger partial charge in [0.25, 0.3) is 11.8 Å². The lowest BCUT2D eigenvalue weighted by molar-refractivity contribution is -0.181. The first kappa shape index (κ1) is 20.2. The molecule has 8 nitrogen and oxygen atoms in total. The van der Waals surface area contributed by atoms with Crippen molar-refractivity contribution in [3.63, 3.8) is 0 Å². The number of amides is 2. The molecular weight excluding hydrogens is 396 g/mol. The Balaban J connectivity index is 1.29. The lowest BCUT2D eigenvalue weighted by Crippen LogP contribution is -2.47. The van der Waals surface area contributed by atoms with E-state index in [9.17, 15) is 9.59 Å². The van der Waals surface area contributed by atoms with Crippen LogP contribution in [-0.4, -0.2) is 70.0 Å². The zero-order valence-corrected chi connectivity index (χ0v) is 17.9. The van der Waals surface area contributed by atoms with E-state index in [2.05, 4.69) is 29.4 Å². The Morgan fingerprint density at radius 2 is 1.77 bits per heavy atom. The predicted octanol–water partition coefficient (Wildman–Crippen LogP) is 2.22. The van der Waals surface area contributed by atoms with Gasteiger partial charge in [0.1, 0.15) is 5.69 Å². The maximum atomic E-state index is 13.2. The third-order valence-electron chi connectivity index (χ3n) is 6.42. The fourth-order valence-corrected chi connectivity index (χ4v) is 4.60. The molecule has 0 bridgehead atoms. The molecule has 1 aromatic heterocycles. The molecule has 2 fully saturated rings. The van der Waals surface area contributed by atoms with Crippen LogP contribution in [0.5, 0.6) is 0 Å². The van der Waals surface area contributed by atoms with Gasteiger partial charge in [0.05, 0.1) is 13.2 Å². The average molecular weight is 425 g/mol. The molecule has 0 unspecified atom stereocenters. The highest BCUT2D eigenvalue weighted by Crippen LogP contribution is 2.31. The molecule has 3 aliphatic heterocycles.